The average molecular weight is 247 g/mol. The highest BCUT2D eigenvalue weighted by Gasteiger charge is 2.10. The quantitative estimate of drug-likeness (QED) is 0.816. The molecular formula is C13H17N3S. The van der Waals surface area contributed by atoms with E-state index < -0.39 is 0 Å². The predicted octanol–water partition coefficient (Wildman–Crippen LogP) is 3.52. The molecule has 0 fully saturated rings. The topological polar surface area (TPSA) is 50.9 Å². The second kappa shape index (κ2) is 4.75. The molecule has 2 rings (SSSR count). The first-order valence-corrected chi connectivity index (χ1v) is 6.43. The maximum absolute atomic E-state index is 5.79. The number of benzene rings is 1. The van der Waals surface area contributed by atoms with Gasteiger partial charge in [0.2, 0.25) is 0 Å². The standard InChI is InChI=1S/C13H17N3S/c1-8-4-5-11(14)6-12(8)16-10(3)13-15-7-9(2)17-13/h4-7,10,16H,14H2,1-3H3. The third-order valence-corrected chi connectivity index (χ3v) is 3.74. The smallest absolute Gasteiger partial charge is 0.115 e. The van der Waals surface area contributed by atoms with Gasteiger partial charge in [0.05, 0.1) is 6.04 Å². The molecule has 17 heavy (non-hydrogen) atoms. The second-order valence-electron chi connectivity index (χ2n) is 4.25. The van der Waals surface area contributed by atoms with Crippen LogP contribution >= 0.6 is 11.3 Å². The van der Waals surface area contributed by atoms with Crippen molar-refractivity contribution in [2.75, 3.05) is 11.1 Å². The molecule has 0 saturated carbocycles. The SMILES string of the molecule is Cc1cnc(C(C)Nc2cc(N)ccc2C)s1. The molecule has 1 unspecified atom stereocenters. The summed E-state index contributed by atoms with van der Waals surface area (Å²) in [7, 11) is 0. The van der Waals surface area contributed by atoms with E-state index in [2.05, 4.69) is 31.1 Å². The number of hydrogen-bond donors (Lipinski definition) is 2. The van der Waals surface area contributed by atoms with E-state index in [1.54, 1.807) is 11.3 Å². The van der Waals surface area contributed by atoms with Gasteiger partial charge in [-0.2, -0.15) is 0 Å². The minimum atomic E-state index is 0.203. The van der Waals surface area contributed by atoms with Gasteiger partial charge in [-0.25, -0.2) is 4.98 Å². The van der Waals surface area contributed by atoms with Gasteiger partial charge in [0.25, 0.3) is 0 Å². The summed E-state index contributed by atoms with van der Waals surface area (Å²) in [4.78, 5) is 5.62. The van der Waals surface area contributed by atoms with Crippen LogP contribution < -0.4 is 11.1 Å². The fraction of sp³-hybridized carbons (Fsp3) is 0.308. The fourth-order valence-corrected chi connectivity index (χ4v) is 2.44. The summed E-state index contributed by atoms with van der Waals surface area (Å²) >= 11 is 1.72. The van der Waals surface area contributed by atoms with Crippen LogP contribution in [0.5, 0.6) is 0 Å². The minimum absolute atomic E-state index is 0.203. The lowest BCUT2D eigenvalue weighted by molar-refractivity contribution is 0.868. The van der Waals surface area contributed by atoms with Gasteiger partial charge in [-0.05, 0) is 38.5 Å². The molecule has 0 amide bonds. The number of nitrogen functional groups attached to an aromatic ring is 1. The number of aromatic nitrogens is 1. The number of anilines is 2. The zero-order valence-electron chi connectivity index (χ0n) is 10.3. The zero-order chi connectivity index (χ0) is 12.4. The van der Waals surface area contributed by atoms with Crippen molar-refractivity contribution in [2.24, 2.45) is 0 Å². The third-order valence-electron chi connectivity index (χ3n) is 2.64. The van der Waals surface area contributed by atoms with Gasteiger partial charge < -0.3 is 11.1 Å². The van der Waals surface area contributed by atoms with Crippen LogP contribution in [-0.4, -0.2) is 4.98 Å². The Kier molecular flexibility index (Phi) is 3.33. The van der Waals surface area contributed by atoms with Gasteiger partial charge in [0.1, 0.15) is 5.01 Å². The monoisotopic (exact) mass is 247 g/mol. The molecular weight excluding hydrogens is 230 g/mol. The first-order chi connectivity index (χ1) is 8.06. The van der Waals surface area contributed by atoms with Crippen molar-refractivity contribution >= 4 is 22.7 Å². The summed E-state index contributed by atoms with van der Waals surface area (Å²) in [5.41, 5.74) is 8.84. The van der Waals surface area contributed by atoms with E-state index in [-0.39, 0.29) is 6.04 Å². The van der Waals surface area contributed by atoms with E-state index >= 15 is 0 Å². The Bertz CT molecular complexity index is 519. The normalized spacial score (nSPS) is 12.4. The maximum atomic E-state index is 5.79. The second-order valence-corrected chi connectivity index (χ2v) is 5.52. The van der Waals surface area contributed by atoms with E-state index in [0.29, 0.717) is 0 Å². The zero-order valence-corrected chi connectivity index (χ0v) is 11.1. The molecule has 3 nitrogen and oxygen atoms in total. The van der Waals surface area contributed by atoms with Crippen LogP contribution in [0.15, 0.2) is 24.4 Å². The Hall–Kier alpha value is -1.55. The number of aryl methyl sites for hydroxylation is 2. The summed E-state index contributed by atoms with van der Waals surface area (Å²) in [6.45, 7) is 6.25. The van der Waals surface area contributed by atoms with E-state index in [1.807, 2.05) is 24.4 Å². The van der Waals surface area contributed by atoms with Crippen molar-refractivity contribution < 1.29 is 0 Å². The van der Waals surface area contributed by atoms with E-state index in [0.717, 1.165) is 16.4 Å². The van der Waals surface area contributed by atoms with Crippen molar-refractivity contribution in [3.63, 3.8) is 0 Å². The Morgan fingerprint density at radius 1 is 1.35 bits per heavy atom. The van der Waals surface area contributed by atoms with Gasteiger partial charge in [0, 0.05) is 22.4 Å². The highest BCUT2D eigenvalue weighted by molar-refractivity contribution is 7.11. The summed E-state index contributed by atoms with van der Waals surface area (Å²) < 4.78 is 0. The van der Waals surface area contributed by atoms with Gasteiger partial charge in [-0.15, -0.1) is 11.3 Å². The molecule has 3 N–H and O–H groups in total. The fourth-order valence-electron chi connectivity index (χ4n) is 1.66. The number of rotatable bonds is 3. The number of thiazole rings is 1. The van der Waals surface area contributed by atoms with E-state index in [1.165, 1.54) is 10.4 Å². The summed E-state index contributed by atoms with van der Waals surface area (Å²) in [6.07, 6.45) is 1.91. The van der Waals surface area contributed by atoms with E-state index in [9.17, 15) is 0 Å². The molecule has 1 aromatic heterocycles. The molecule has 0 bridgehead atoms. The molecule has 0 aliphatic carbocycles. The molecule has 90 valence electrons. The first-order valence-electron chi connectivity index (χ1n) is 5.61. The highest BCUT2D eigenvalue weighted by atomic mass is 32.1. The van der Waals surface area contributed by atoms with Gasteiger partial charge in [0.15, 0.2) is 0 Å². The van der Waals surface area contributed by atoms with Crippen LogP contribution in [0.1, 0.15) is 28.4 Å². The average Bonchev–Trinajstić information content (AvgIpc) is 2.70. The highest BCUT2D eigenvalue weighted by Crippen LogP contribution is 2.26. The lowest BCUT2D eigenvalue weighted by Crippen LogP contribution is -2.07. The van der Waals surface area contributed by atoms with E-state index in [4.69, 9.17) is 5.73 Å². The molecule has 1 heterocycles. The Morgan fingerprint density at radius 3 is 2.76 bits per heavy atom. The van der Waals surface area contributed by atoms with Crippen LogP contribution in [0.25, 0.3) is 0 Å². The van der Waals surface area contributed by atoms with Crippen molar-refractivity contribution in [2.45, 2.75) is 26.8 Å². The summed E-state index contributed by atoms with van der Waals surface area (Å²) in [5.74, 6) is 0. The molecule has 0 spiro atoms. The molecule has 1 atom stereocenters. The largest absolute Gasteiger partial charge is 0.399 e. The van der Waals surface area contributed by atoms with Crippen molar-refractivity contribution in [1.82, 2.24) is 4.98 Å². The molecule has 0 aliphatic heterocycles. The third kappa shape index (κ3) is 2.77. The van der Waals surface area contributed by atoms with Crippen LogP contribution in [0.2, 0.25) is 0 Å². The van der Waals surface area contributed by atoms with Crippen LogP contribution in [0, 0.1) is 13.8 Å². The van der Waals surface area contributed by atoms with Crippen molar-refractivity contribution in [3.8, 4) is 0 Å². The molecule has 0 saturated heterocycles. The Balaban J connectivity index is 2.18. The lowest BCUT2D eigenvalue weighted by atomic mass is 10.1. The number of nitrogens with one attached hydrogen (secondary N) is 1. The maximum Gasteiger partial charge on any atom is 0.115 e. The predicted molar refractivity (Wildman–Crippen MR) is 74.5 cm³/mol. The van der Waals surface area contributed by atoms with Gasteiger partial charge in [-0.1, -0.05) is 6.07 Å². The van der Waals surface area contributed by atoms with Crippen molar-refractivity contribution in [3.05, 3.63) is 39.8 Å². The first kappa shape index (κ1) is 11.9. The van der Waals surface area contributed by atoms with Crippen LogP contribution in [-0.2, 0) is 0 Å². The Labute approximate surface area is 106 Å². The van der Waals surface area contributed by atoms with Gasteiger partial charge in [-0.3, -0.25) is 0 Å². The summed E-state index contributed by atoms with van der Waals surface area (Å²) in [6, 6.07) is 6.11. The van der Waals surface area contributed by atoms with Gasteiger partial charge >= 0.3 is 0 Å². The number of nitrogens with two attached hydrogens (primary N) is 1. The summed E-state index contributed by atoms with van der Waals surface area (Å²) in [5, 5.41) is 4.55. The van der Waals surface area contributed by atoms with Crippen LogP contribution in [0.4, 0.5) is 11.4 Å². The Morgan fingerprint density at radius 2 is 2.12 bits per heavy atom. The molecule has 2 aromatic rings. The minimum Gasteiger partial charge on any atom is -0.399 e. The molecule has 4 heteroatoms. The molecule has 0 aliphatic rings. The van der Waals surface area contributed by atoms with Crippen LogP contribution in [0.3, 0.4) is 0 Å². The lowest BCUT2D eigenvalue weighted by Gasteiger charge is -2.15. The van der Waals surface area contributed by atoms with Crippen molar-refractivity contribution in [1.29, 1.82) is 0 Å². The number of hydrogen-bond acceptors (Lipinski definition) is 4. The molecule has 0 radical (unpaired) electrons. The number of nitrogens with zero attached hydrogens (tertiary/aromatic N) is 1. The molecule has 1 aromatic carbocycles.